The van der Waals surface area contributed by atoms with Crippen molar-refractivity contribution >= 4 is 43.6 Å². The van der Waals surface area contributed by atoms with Crippen molar-refractivity contribution < 1.29 is 0 Å². The lowest BCUT2D eigenvalue weighted by molar-refractivity contribution is 1.13. The first-order valence-electron chi connectivity index (χ1n) is 17.3. The highest BCUT2D eigenvalue weighted by atomic mass is 15.1. The van der Waals surface area contributed by atoms with Gasteiger partial charge in [0.1, 0.15) is 0 Å². The number of rotatable bonds is 2. The molecule has 1 aliphatic rings. The van der Waals surface area contributed by atoms with E-state index >= 15 is 0 Å². The minimum absolute atomic E-state index is 1.17. The molecule has 0 N–H and O–H groups in total. The van der Waals surface area contributed by atoms with Crippen LogP contribution in [0, 0.1) is 0 Å². The maximum absolute atomic E-state index is 2.54. The summed E-state index contributed by atoms with van der Waals surface area (Å²) in [4.78, 5) is 0. The van der Waals surface area contributed by atoms with E-state index in [0.717, 1.165) is 0 Å². The van der Waals surface area contributed by atoms with Crippen molar-refractivity contribution in [3.8, 4) is 55.9 Å². The van der Waals surface area contributed by atoms with Crippen LogP contribution in [0.25, 0.3) is 99.5 Å². The van der Waals surface area contributed by atoms with Gasteiger partial charge in [0.05, 0.1) is 33.4 Å². The smallest absolute Gasteiger partial charge is 0.0782 e. The standard InChI is InChI=1S/C48H30N2/c1-2-16-32-31(15-1)33-17-3-4-18-35(33)40-24-13-29-45(47(40)39-23-6-5-19-34(32)39)50-44-28-12-9-22-38(44)41-25-14-30-46(48(41)50)49-42-26-10-7-20-36(42)37-21-8-11-27-43(37)49/h1-30H. The zero-order valence-electron chi connectivity index (χ0n) is 27.2. The van der Waals surface area contributed by atoms with Gasteiger partial charge in [-0.05, 0) is 69.3 Å². The maximum atomic E-state index is 2.54. The van der Waals surface area contributed by atoms with Crippen LogP contribution in [0.15, 0.2) is 182 Å². The molecule has 0 bridgehead atoms. The number of benzene rings is 8. The quantitative estimate of drug-likeness (QED) is 0.179. The molecule has 0 unspecified atom stereocenters. The summed E-state index contributed by atoms with van der Waals surface area (Å²) < 4.78 is 5.00. The van der Waals surface area contributed by atoms with E-state index in [2.05, 4.69) is 191 Å². The first-order chi connectivity index (χ1) is 24.9. The summed E-state index contributed by atoms with van der Waals surface area (Å²) >= 11 is 0. The zero-order chi connectivity index (χ0) is 32.8. The fourth-order valence-corrected chi connectivity index (χ4v) is 8.69. The Kier molecular flexibility index (Phi) is 5.70. The first-order valence-corrected chi connectivity index (χ1v) is 17.3. The van der Waals surface area contributed by atoms with Crippen molar-refractivity contribution in [1.29, 1.82) is 0 Å². The Bertz CT molecular complexity index is 2930. The van der Waals surface area contributed by atoms with Crippen LogP contribution in [-0.4, -0.2) is 9.13 Å². The molecule has 0 aliphatic heterocycles. The molecule has 0 atom stereocenters. The summed E-state index contributed by atoms with van der Waals surface area (Å²) in [6.07, 6.45) is 0. The Morgan fingerprint density at radius 1 is 0.240 bits per heavy atom. The molecule has 2 nitrogen and oxygen atoms in total. The van der Waals surface area contributed by atoms with E-state index in [0.29, 0.717) is 0 Å². The topological polar surface area (TPSA) is 9.86 Å². The largest absolute Gasteiger partial charge is 0.307 e. The number of hydrogen-bond donors (Lipinski definition) is 0. The van der Waals surface area contributed by atoms with Crippen LogP contribution in [0.4, 0.5) is 0 Å². The Morgan fingerprint density at radius 2 is 0.600 bits per heavy atom. The molecule has 0 saturated heterocycles. The van der Waals surface area contributed by atoms with E-state index in [4.69, 9.17) is 0 Å². The Labute approximate surface area is 289 Å². The van der Waals surface area contributed by atoms with Gasteiger partial charge in [0, 0.05) is 27.1 Å². The van der Waals surface area contributed by atoms with E-state index in [-0.39, 0.29) is 0 Å². The van der Waals surface area contributed by atoms with Crippen molar-refractivity contribution in [2.24, 2.45) is 0 Å². The lowest BCUT2D eigenvalue weighted by atomic mass is 9.80. The van der Waals surface area contributed by atoms with Crippen molar-refractivity contribution in [1.82, 2.24) is 9.13 Å². The van der Waals surface area contributed by atoms with Gasteiger partial charge >= 0.3 is 0 Å². The minimum atomic E-state index is 1.17. The van der Waals surface area contributed by atoms with E-state index in [9.17, 15) is 0 Å². The molecule has 50 heavy (non-hydrogen) atoms. The van der Waals surface area contributed by atoms with Crippen LogP contribution in [0.1, 0.15) is 0 Å². The number of aromatic nitrogens is 2. The maximum Gasteiger partial charge on any atom is 0.0782 e. The zero-order valence-corrected chi connectivity index (χ0v) is 27.2. The molecular formula is C48H30N2. The third kappa shape index (κ3) is 3.68. The fraction of sp³-hybridized carbons (Fsp3) is 0. The third-order valence-corrected chi connectivity index (χ3v) is 10.7. The molecule has 232 valence electrons. The van der Waals surface area contributed by atoms with Gasteiger partial charge in [0.25, 0.3) is 0 Å². The molecule has 2 aromatic heterocycles. The van der Waals surface area contributed by atoms with Crippen molar-refractivity contribution in [2.75, 3.05) is 0 Å². The van der Waals surface area contributed by atoms with E-state index in [1.165, 1.54) is 99.5 Å². The normalized spacial score (nSPS) is 12.0. The van der Waals surface area contributed by atoms with Crippen molar-refractivity contribution in [3.63, 3.8) is 0 Å². The molecule has 0 saturated carbocycles. The summed E-state index contributed by atoms with van der Waals surface area (Å²) in [5, 5.41) is 5.00. The molecule has 2 heteroatoms. The molecule has 2 heterocycles. The van der Waals surface area contributed by atoms with E-state index < -0.39 is 0 Å². The van der Waals surface area contributed by atoms with Crippen LogP contribution in [-0.2, 0) is 0 Å². The number of para-hydroxylation sites is 4. The average Bonchev–Trinajstić information content (AvgIpc) is 3.70. The highest BCUT2D eigenvalue weighted by Crippen LogP contribution is 2.50. The van der Waals surface area contributed by atoms with Gasteiger partial charge in [0.2, 0.25) is 0 Å². The second-order valence-electron chi connectivity index (χ2n) is 13.2. The summed E-state index contributed by atoms with van der Waals surface area (Å²) in [6.45, 7) is 0. The monoisotopic (exact) mass is 634 g/mol. The van der Waals surface area contributed by atoms with Gasteiger partial charge in [-0.15, -0.1) is 0 Å². The van der Waals surface area contributed by atoms with Crippen LogP contribution >= 0.6 is 0 Å². The van der Waals surface area contributed by atoms with Gasteiger partial charge < -0.3 is 9.13 Å². The van der Waals surface area contributed by atoms with Gasteiger partial charge in [0.15, 0.2) is 0 Å². The Balaban J connectivity index is 1.33. The molecule has 0 fully saturated rings. The Morgan fingerprint density at radius 3 is 1.18 bits per heavy atom. The highest BCUT2D eigenvalue weighted by molar-refractivity contribution is 6.16. The Hall–Kier alpha value is -6.64. The van der Waals surface area contributed by atoms with Crippen molar-refractivity contribution in [2.45, 2.75) is 0 Å². The molecule has 0 spiro atoms. The molecule has 1 aliphatic carbocycles. The predicted octanol–water partition coefficient (Wildman–Crippen LogP) is 12.9. The summed E-state index contributed by atoms with van der Waals surface area (Å²) in [5.41, 5.74) is 17.1. The first kappa shape index (κ1) is 27.3. The third-order valence-electron chi connectivity index (χ3n) is 10.7. The number of hydrogen-bond acceptors (Lipinski definition) is 0. The van der Waals surface area contributed by atoms with E-state index in [1.807, 2.05) is 0 Å². The molecular weight excluding hydrogens is 605 g/mol. The molecule has 0 radical (unpaired) electrons. The fourth-order valence-electron chi connectivity index (χ4n) is 8.69. The van der Waals surface area contributed by atoms with Gasteiger partial charge in [-0.25, -0.2) is 0 Å². The second-order valence-corrected chi connectivity index (χ2v) is 13.2. The molecule has 10 aromatic rings. The van der Waals surface area contributed by atoms with Gasteiger partial charge in [-0.2, -0.15) is 0 Å². The van der Waals surface area contributed by atoms with Crippen LogP contribution in [0.2, 0.25) is 0 Å². The molecule has 8 aromatic carbocycles. The second kappa shape index (κ2) is 10.4. The van der Waals surface area contributed by atoms with Crippen LogP contribution < -0.4 is 0 Å². The lowest BCUT2D eigenvalue weighted by Crippen LogP contribution is -2.04. The minimum Gasteiger partial charge on any atom is -0.307 e. The predicted molar refractivity (Wildman–Crippen MR) is 210 cm³/mol. The molecule has 11 rings (SSSR count). The molecule has 0 amide bonds. The number of fused-ring (bicyclic) bond motifs is 14. The average molecular weight is 635 g/mol. The summed E-state index contributed by atoms with van der Waals surface area (Å²) in [5.74, 6) is 0. The van der Waals surface area contributed by atoms with Gasteiger partial charge in [-0.1, -0.05) is 152 Å². The lowest BCUT2D eigenvalue weighted by Gasteiger charge is -2.26. The van der Waals surface area contributed by atoms with Crippen LogP contribution in [0.5, 0.6) is 0 Å². The number of nitrogens with zero attached hydrogens (tertiary/aromatic N) is 2. The van der Waals surface area contributed by atoms with Crippen LogP contribution in [0.3, 0.4) is 0 Å². The summed E-state index contributed by atoms with van der Waals surface area (Å²) in [6, 6.07) is 66.9. The summed E-state index contributed by atoms with van der Waals surface area (Å²) in [7, 11) is 0. The highest BCUT2D eigenvalue weighted by Gasteiger charge is 2.26. The van der Waals surface area contributed by atoms with Crippen molar-refractivity contribution in [3.05, 3.63) is 182 Å². The van der Waals surface area contributed by atoms with E-state index in [1.54, 1.807) is 0 Å². The SMILES string of the molecule is c1ccc2c(c1)-c1ccccc1-c1cccc(-n3c4ccccc4c4cccc(-n5c6ccccc6c6ccccc65)c43)c1-c1ccccc1-2. The van der Waals surface area contributed by atoms with Gasteiger partial charge in [-0.3, -0.25) is 0 Å².